The third-order valence-corrected chi connectivity index (χ3v) is 6.29. The number of carboxylic acids is 1. The summed E-state index contributed by atoms with van der Waals surface area (Å²) in [5.41, 5.74) is 7.99. The lowest BCUT2D eigenvalue weighted by atomic mass is 9.70. The minimum atomic E-state index is -1.03. The lowest BCUT2D eigenvalue weighted by Gasteiger charge is -2.33. The van der Waals surface area contributed by atoms with Crippen LogP contribution >= 0.6 is 11.6 Å². The Morgan fingerprint density at radius 1 is 1.29 bits per heavy atom. The second kappa shape index (κ2) is 10.4. The van der Waals surface area contributed by atoms with Crippen LogP contribution in [0.4, 0.5) is 15.8 Å². The highest BCUT2D eigenvalue weighted by Crippen LogP contribution is 2.37. The normalized spacial score (nSPS) is 14.8. The molecular weight excluding hydrogens is 510 g/mol. The highest BCUT2D eigenvalue weighted by Gasteiger charge is 2.35. The molecular formula is C25H27BClFN8O2. The number of nitrogens with zero attached hydrogens (tertiary/aromatic N) is 4. The first-order chi connectivity index (χ1) is 17.9. The molecule has 0 radical (unpaired) electrons. The third-order valence-electron chi connectivity index (χ3n) is 6.00. The van der Waals surface area contributed by atoms with E-state index in [9.17, 15) is 19.6 Å². The lowest BCUT2D eigenvalue weighted by Crippen LogP contribution is -2.46. The molecule has 1 aromatic carbocycles. The number of benzene rings is 1. The van der Waals surface area contributed by atoms with Gasteiger partial charge in [0.2, 0.25) is 5.95 Å². The van der Waals surface area contributed by atoms with Gasteiger partial charge in [0.25, 0.3) is 0 Å². The summed E-state index contributed by atoms with van der Waals surface area (Å²) in [6.07, 6.45) is 4.51. The summed E-state index contributed by atoms with van der Waals surface area (Å²) in [7, 11) is 1.84. The van der Waals surface area contributed by atoms with E-state index in [1.807, 2.05) is 13.9 Å². The average Bonchev–Trinajstić information content (AvgIpc) is 3.30. The molecule has 3 aromatic rings. The summed E-state index contributed by atoms with van der Waals surface area (Å²) in [5.74, 6) is -1.65. The predicted molar refractivity (Wildman–Crippen MR) is 146 cm³/mol. The van der Waals surface area contributed by atoms with Crippen LogP contribution in [0.3, 0.4) is 0 Å². The predicted octanol–water partition coefficient (Wildman–Crippen LogP) is 2.90. The van der Waals surface area contributed by atoms with E-state index in [1.165, 1.54) is 23.5 Å². The Kier molecular flexibility index (Phi) is 7.35. The molecule has 0 spiro atoms. The van der Waals surface area contributed by atoms with Crippen molar-refractivity contribution in [3.05, 3.63) is 70.7 Å². The van der Waals surface area contributed by atoms with E-state index in [0.717, 1.165) is 0 Å². The van der Waals surface area contributed by atoms with Crippen LogP contribution in [-0.4, -0.2) is 47.0 Å². The summed E-state index contributed by atoms with van der Waals surface area (Å²) >= 11 is 6.66. The number of hydrogen-bond donors (Lipinski definition) is 5. The number of hydrogen-bond acceptors (Lipinski definition) is 9. The molecule has 10 nitrogen and oxygen atoms in total. The maximum atomic E-state index is 13.7. The van der Waals surface area contributed by atoms with Crippen LogP contribution in [0.5, 0.6) is 0 Å². The van der Waals surface area contributed by atoms with Crippen LogP contribution in [-0.2, 0) is 10.2 Å². The molecule has 38 heavy (non-hydrogen) atoms. The second-order valence-corrected chi connectivity index (χ2v) is 10.8. The zero-order valence-electron chi connectivity index (χ0n) is 21.4. The van der Waals surface area contributed by atoms with Crippen molar-refractivity contribution in [2.45, 2.75) is 26.2 Å². The van der Waals surface area contributed by atoms with Gasteiger partial charge in [0.05, 0.1) is 32.9 Å². The van der Waals surface area contributed by atoms with Gasteiger partial charge >= 0.3 is 5.97 Å². The van der Waals surface area contributed by atoms with Gasteiger partial charge in [-0.3, -0.25) is 14.8 Å². The Hall–Kier alpha value is -4.08. The fourth-order valence-electron chi connectivity index (χ4n) is 4.05. The van der Waals surface area contributed by atoms with Crippen LogP contribution in [0.1, 0.15) is 31.9 Å². The maximum Gasteiger partial charge on any atom is 0.324 e. The molecule has 0 saturated carbocycles. The number of hydrazine groups is 2. The van der Waals surface area contributed by atoms with Crippen molar-refractivity contribution in [1.82, 2.24) is 25.9 Å². The second-order valence-electron chi connectivity index (χ2n) is 10.3. The zero-order chi connectivity index (χ0) is 27.7. The molecule has 0 aliphatic carbocycles. The third kappa shape index (κ3) is 5.74. The molecule has 5 N–H and O–H groups in total. The summed E-state index contributed by atoms with van der Waals surface area (Å²) in [4.78, 5) is 19.4. The molecule has 196 valence electrons. The monoisotopic (exact) mass is 536 g/mol. The Bertz CT molecular complexity index is 1450. The number of anilines is 2. The fourth-order valence-corrected chi connectivity index (χ4v) is 4.32. The van der Waals surface area contributed by atoms with E-state index < -0.39 is 17.4 Å². The SMILES string of the molecule is BC(Nc1cc(Cl)c2ncc(C#N)c(NCC(C)(C)C)c2c1)(C1=CN(CC(=O)O)NN1)c1ccc(F)nc1. The summed E-state index contributed by atoms with van der Waals surface area (Å²) in [6, 6.07) is 8.58. The number of fused-ring (bicyclic) bond motifs is 1. The van der Waals surface area contributed by atoms with Crippen molar-refractivity contribution in [2.24, 2.45) is 5.41 Å². The first-order valence-electron chi connectivity index (χ1n) is 11.8. The van der Waals surface area contributed by atoms with Crippen LogP contribution in [0.2, 0.25) is 5.02 Å². The van der Waals surface area contributed by atoms with Crippen molar-refractivity contribution < 1.29 is 14.3 Å². The van der Waals surface area contributed by atoms with Gasteiger partial charge in [-0.2, -0.15) is 9.65 Å². The molecule has 0 bridgehead atoms. The van der Waals surface area contributed by atoms with E-state index in [1.54, 1.807) is 18.3 Å². The van der Waals surface area contributed by atoms with Gasteiger partial charge in [-0.1, -0.05) is 38.4 Å². The molecule has 1 unspecified atom stereocenters. The van der Waals surface area contributed by atoms with Crippen LogP contribution < -0.4 is 21.6 Å². The van der Waals surface area contributed by atoms with Crippen LogP contribution in [0, 0.1) is 22.7 Å². The summed E-state index contributed by atoms with van der Waals surface area (Å²) < 4.78 is 13.7. The largest absolute Gasteiger partial charge is 0.480 e. The number of halogens is 2. The Morgan fingerprint density at radius 3 is 2.68 bits per heavy atom. The first kappa shape index (κ1) is 27.0. The summed E-state index contributed by atoms with van der Waals surface area (Å²) in [5, 5.41) is 28.2. The molecule has 0 fully saturated rings. The van der Waals surface area contributed by atoms with E-state index in [0.29, 0.717) is 50.7 Å². The Labute approximate surface area is 225 Å². The van der Waals surface area contributed by atoms with E-state index in [-0.39, 0.29) is 12.0 Å². The number of carbonyl (C=O) groups is 1. The van der Waals surface area contributed by atoms with Crippen molar-refractivity contribution in [3.8, 4) is 6.07 Å². The van der Waals surface area contributed by atoms with Crippen molar-refractivity contribution >= 4 is 47.7 Å². The van der Waals surface area contributed by atoms with E-state index >= 15 is 0 Å². The molecule has 4 rings (SSSR count). The molecule has 1 aliphatic rings. The smallest absolute Gasteiger partial charge is 0.324 e. The van der Waals surface area contributed by atoms with Gasteiger partial charge in [-0.05, 0) is 29.2 Å². The molecule has 3 heterocycles. The number of aromatic nitrogens is 2. The number of pyridine rings is 2. The molecule has 2 aromatic heterocycles. The fraction of sp³-hybridized carbons (Fsp3) is 0.280. The van der Waals surface area contributed by atoms with Crippen molar-refractivity contribution in [1.29, 1.82) is 5.26 Å². The zero-order valence-corrected chi connectivity index (χ0v) is 22.1. The molecule has 1 atom stereocenters. The molecule has 1 aliphatic heterocycles. The van der Waals surface area contributed by atoms with Gasteiger partial charge in [0.15, 0.2) is 0 Å². The maximum absolute atomic E-state index is 13.7. The average molecular weight is 537 g/mol. The standard InChI is InChI=1S/C25H27BClFN8O2/c1-24(2,3)13-32-22-14(8-29)9-31-23-17(22)6-16(7-18(23)27)33-25(26,15-4-5-20(28)30-10-15)19-11-36(35-34-19)12-21(37)38/h4-7,9-11,33-35H,12-13,26H2,1-3H3,(H,31,32)(H,37,38). The van der Waals surface area contributed by atoms with Gasteiger partial charge in [0, 0.05) is 36.2 Å². The number of nitrogens with one attached hydrogen (secondary N) is 4. The van der Waals surface area contributed by atoms with Gasteiger partial charge < -0.3 is 21.2 Å². The molecule has 13 heteroatoms. The van der Waals surface area contributed by atoms with E-state index in [4.69, 9.17) is 11.6 Å². The number of nitriles is 1. The molecule has 0 saturated heterocycles. The Balaban J connectivity index is 1.82. The minimum absolute atomic E-state index is 0.0500. The highest BCUT2D eigenvalue weighted by molar-refractivity contribution is 6.36. The van der Waals surface area contributed by atoms with Crippen LogP contribution in [0.25, 0.3) is 10.9 Å². The highest BCUT2D eigenvalue weighted by atomic mass is 35.5. The van der Waals surface area contributed by atoms with E-state index in [2.05, 4.69) is 58.4 Å². The number of rotatable bonds is 8. The number of carboxylic acid groups (broad SMARTS) is 1. The minimum Gasteiger partial charge on any atom is -0.480 e. The Morgan fingerprint density at radius 2 is 2.05 bits per heavy atom. The van der Waals surface area contributed by atoms with Gasteiger partial charge in [0.1, 0.15) is 20.5 Å². The van der Waals surface area contributed by atoms with Gasteiger partial charge in [-0.15, -0.1) is 5.53 Å². The number of aliphatic carboxylic acids is 1. The molecule has 0 amide bonds. The summed E-state index contributed by atoms with van der Waals surface area (Å²) in [6.45, 7) is 6.57. The quantitative estimate of drug-likeness (QED) is 0.216. The first-order valence-corrected chi connectivity index (χ1v) is 12.2. The van der Waals surface area contributed by atoms with Gasteiger partial charge in [-0.25, -0.2) is 4.98 Å². The van der Waals surface area contributed by atoms with Crippen molar-refractivity contribution in [3.63, 3.8) is 0 Å². The topological polar surface area (TPSA) is 138 Å². The van der Waals surface area contributed by atoms with Crippen LogP contribution in [0.15, 0.2) is 48.6 Å². The van der Waals surface area contributed by atoms with Crippen molar-refractivity contribution in [2.75, 3.05) is 23.7 Å². The lowest BCUT2D eigenvalue weighted by molar-refractivity contribution is -0.138.